The Kier molecular flexibility index (Phi) is 5.35. The van der Waals surface area contributed by atoms with E-state index >= 15 is 0 Å². The number of likely N-dealkylation sites (N-methyl/N-ethyl adjacent to an activating group) is 1. The number of guanidine groups is 1. The molecule has 0 saturated heterocycles. The van der Waals surface area contributed by atoms with Gasteiger partial charge in [0, 0.05) is 39.3 Å². The molecule has 2 saturated carbocycles. The largest absolute Gasteiger partial charge is 0.469 e. The number of amides is 1. The maximum absolute atomic E-state index is 12.0. The van der Waals surface area contributed by atoms with Crippen molar-refractivity contribution in [2.75, 3.05) is 27.7 Å². The first-order chi connectivity index (χ1) is 11.9. The van der Waals surface area contributed by atoms with Crippen molar-refractivity contribution in [3.63, 3.8) is 0 Å². The van der Waals surface area contributed by atoms with Gasteiger partial charge in [-0.25, -0.2) is 4.99 Å². The Balaban J connectivity index is 1.70. The molecule has 2 bridgehead atoms. The van der Waals surface area contributed by atoms with Crippen molar-refractivity contribution in [1.29, 1.82) is 0 Å². The first-order valence-corrected chi connectivity index (χ1v) is 9.19. The lowest BCUT2D eigenvalue weighted by molar-refractivity contribution is -0.127. The predicted octanol–water partition coefficient (Wildman–Crippen LogP) is 2.24. The Morgan fingerprint density at radius 1 is 1.32 bits per heavy atom. The van der Waals surface area contributed by atoms with Gasteiger partial charge in [-0.3, -0.25) is 4.79 Å². The molecule has 2 aliphatic rings. The van der Waals surface area contributed by atoms with Crippen molar-refractivity contribution >= 4 is 11.9 Å². The Morgan fingerprint density at radius 2 is 2.12 bits per heavy atom. The molecule has 138 valence electrons. The van der Waals surface area contributed by atoms with Crippen LogP contribution in [0.25, 0.3) is 0 Å². The monoisotopic (exact) mass is 346 g/mol. The normalized spacial score (nSPS) is 25.3. The number of rotatable bonds is 5. The molecule has 1 aromatic rings. The van der Waals surface area contributed by atoms with Crippen LogP contribution in [-0.2, 0) is 11.3 Å². The third-order valence-electron chi connectivity index (χ3n) is 5.65. The highest BCUT2D eigenvalue weighted by atomic mass is 16.3. The molecule has 1 heterocycles. The van der Waals surface area contributed by atoms with Gasteiger partial charge in [-0.1, -0.05) is 6.42 Å². The lowest BCUT2D eigenvalue weighted by Gasteiger charge is -2.29. The molecule has 6 heteroatoms. The summed E-state index contributed by atoms with van der Waals surface area (Å²) in [6.07, 6.45) is 6.97. The number of aryl methyl sites for hydroxylation is 1. The number of carbonyl (C=O) groups excluding carboxylic acids is 1. The van der Waals surface area contributed by atoms with Crippen molar-refractivity contribution in [3.8, 4) is 0 Å². The minimum absolute atomic E-state index is 0.0140. The van der Waals surface area contributed by atoms with Gasteiger partial charge in [-0.15, -0.1) is 0 Å². The first-order valence-electron chi connectivity index (χ1n) is 9.19. The maximum Gasteiger partial charge on any atom is 0.243 e. The van der Waals surface area contributed by atoms with Crippen LogP contribution in [0.3, 0.4) is 0 Å². The number of fused-ring (bicyclic) bond motifs is 2. The quantitative estimate of drug-likeness (QED) is 0.656. The molecule has 1 amide bonds. The second-order valence-electron chi connectivity index (χ2n) is 7.71. The Bertz CT molecular complexity index is 637. The summed E-state index contributed by atoms with van der Waals surface area (Å²) >= 11 is 0. The van der Waals surface area contributed by atoms with E-state index in [-0.39, 0.29) is 12.5 Å². The third-order valence-corrected chi connectivity index (χ3v) is 5.65. The van der Waals surface area contributed by atoms with E-state index in [1.54, 1.807) is 25.3 Å². The van der Waals surface area contributed by atoms with Crippen LogP contribution in [0.1, 0.15) is 37.0 Å². The molecule has 25 heavy (non-hydrogen) atoms. The zero-order valence-electron chi connectivity index (χ0n) is 15.8. The number of hydrogen-bond acceptors (Lipinski definition) is 3. The summed E-state index contributed by atoms with van der Waals surface area (Å²) in [5.41, 5.74) is 1.14. The average molecular weight is 346 g/mol. The van der Waals surface area contributed by atoms with Gasteiger partial charge in [0.15, 0.2) is 5.96 Å². The first kappa shape index (κ1) is 17.8. The number of carbonyl (C=O) groups is 1. The lowest BCUT2D eigenvalue weighted by Crippen LogP contribution is -2.46. The number of nitrogens with zero attached hydrogens (tertiary/aromatic N) is 3. The molecule has 0 aliphatic heterocycles. The van der Waals surface area contributed by atoms with Gasteiger partial charge >= 0.3 is 0 Å². The Morgan fingerprint density at radius 3 is 2.68 bits per heavy atom. The molecule has 6 nitrogen and oxygen atoms in total. The summed E-state index contributed by atoms with van der Waals surface area (Å²) in [6, 6.07) is 2.48. The lowest BCUT2D eigenvalue weighted by atomic mass is 9.95. The van der Waals surface area contributed by atoms with Crippen LogP contribution in [0.4, 0.5) is 0 Å². The van der Waals surface area contributed by atoms with Gasteiger partial charge < -0.3 is 19.5 Å². The fraction of sp³-hybridized carbons (Fsp3) is 0.684. The van der Waals surface area contributed by atoms with E-state index in [1.807, 2.05) is 20.0 Å². The van der Waals surface area contributed by atoms with Crippen LogP contribution in [0.15, 0.2) is 21.7 Å². The summed E-state index contributed by atoms with van der Waals surface area (Å²) in [6.45, 7) is 2.86. The van der Waals surface area contributed by atoms with E-state index in [0.717, 1.165) is 29.1 Å². The summed E-state index contributed by atoms with van der Waals surface area (Å²) in [5, 5.41) is 3.65. The highest BCUT2D eigenvalue weighted by Gasteiger charge is 2.40. The zero-order valence-corrected chi connectivity index (χ0v) is 15.8. The second-order valence-corrected chi connectivity index (χ2v) is 7.71. The Hall–Kier alpha value is -1.98. The summed E-state index contributed by atoms with van der Waals surface area (Å²) in [4.78, 5) is 20.2. The molecule has 0 radical (unpaired) electrons. The standard InChI is InChI=1S/C19H30N4O2/c1-13-16(7-8-25-13)12-23(4)19(20-11-18(24)22(2)3)21-17-10-14-5-6-15(17)9-14/h7-8,14-15,17H,5-6,9-12H2,1-4H3,(H,20,21). The zero-order chi connectivity index (χ0) is 18.0. The molecule has 1 N–H and O–H groups in total. The number of nitrogens with one attached hydrogen (secondary N) is 1. The van der Waals surface area contributed by atoms with E-state index < -0.39 is 0 Å². The van der Waals surface area contributed by atoms with Crippen LogP contribution < -0.4 is 5.32 Å². The minimum Gasteiger partial charge on any atom is -0.469 e. The number of aliphatic imine (C=N–C) groups is 1. The molecule has 1 aromatic heterocycles. The summed E-state index contributed by atoms with van der Waals surface area (Å²) in [5.74, 6) is 3.38. The van der Waals surface area contributed by atoms with Crippen molar-refractivity contribution < 1.29 is 9.21 Å². The predicted molar refractivity (Wildman–Crippen MR) is 98.3 cm³/mol. The maximum atomic E-state index is 12.0. The van der Waals surface area contributed by atoms with Gasteiger partial charge in [0.1, 0.15) is 12.3 Å². The van der Waals surface area contributed by atoms with Gasteiger partial charge in [0.05, 0.1) is 6.26 Å². The van der Waals surface area contributed by atoms with Crippen LogP contribution in [-0.4, -0.2) is 55.4 Å². The molecule has 0 aromatic carbocycles. The van der Waals surface area contributed by atoms with Gasteiger partial charge in [0.2, 0.25) is 5.91 Å². The molecular weight excluding hydrogens is 316 g/mol. The molecule has 2 fully saturated rings. The summed E-state index contributed by atoms with van der Waals surface area (Å²) in [7, 11) is 5.55. The number of furan rings is 1. The van der Waals surface area contributed by atoms with E-state index in [1.165, 1.54) is 25.7 Å². The fourth-order valence-corrected chi connectivity index (χ4v) is 4.05. The SMILES string of the molecule is Cc1occc1CN(C)C(=NCC(=O)N(C)C)NC1CC2CCC1C2. The van der Waals surface area contributed by atoms with Crippen molar-refractivity contribution in [2.24, 2.45) is 16.8 Å². The minimum atomic E-state index is 0.0140. The molecular formula is C19H30N4O2. The van der Waals surface area contributed by atoms with Crippen molar-refractivity contribution in [2.45, 2.75) is 45.2 Å². The van der Waals surface area contributed by atoms with Gasteiger partial charge in [0.25, 0.3) is 0 Å². The third kappa shape index (κ3) is 4.17. The topological polar surface area (TPSA) is 61.1 Å². The number of hydrogen-bond donors (Lipinski definition) is 1. The van der Waals surface area contributed by atoms with E-state index in [0.29, 0.717) is 12.6 Å². The Labute approximate surface area is 150 Å². The molecule has 0 spiro atoms. The van der Waals surface area contributed by atoms with E-state index in [4.69, 9.17) is 4.42 Å². The van der Waals surface area contributed by atoms with Crippen molar-refractivity contribution in [1.82, 2.24) is 15.1 Å². The molecule has 2 aliphatic carbocycles. The second kappa shape index (κ2) is 7.50. The van der Waals surface area contributed by atoms with Gasteiger partial charge in [-0.2, -0.15) is 0 Å². The summed E-state index contributed by atoms with van der Waals surface area (Å²) < 4.78 is 5.40. The van der Waals surface area contributed by atoms with Gasteiger partial charge in [-0.05, 0) is 44.1 Å². The van der Waals surface area contributed by atoms with E-state index in [9.17, 15) is 4.79 Å². The molecule has 3 unspecified atom stereocenters. The molecule has 3 rings (SSSR count). The highest BCUT2D eigenvalue weighted by Crippen LogP contribution is 2.44. The van der Waals surface area contributed by atoms with Crippen LogP contribution >= 0.6 is 0 Å². The fourth-order valence-electron chi connectivity index (χ4n) is 4.05. The van der Waals surface area contributed by atoms with Crippen LogP contribution in [0, 0.1) is 18.8 Å². The highest BCUT2D eigenvalue weighted by molar-refractivity contribution is 5.85. The average Bonchev–Trinajstić information content (AvgIpc) is 3.28. The smallest absolute Gasteiger partial charge is 0.243 e. The van der Waals surface area contributed by atoms with Crippen LogP contribution in [0.2, 0.25) is 0 Å². The van der Waals surface area contributed by atoms with Crippen molar-refractivity contribution in [3.05, 3.63) is 23.7 Å². The van der Waals surface area contributed by atoms with E-state index in [2.05, 4.69) is 15.2 Å². The van der Waals surface area contributed by atoms with Crippen LogP contribution in [0.5, 0.6) is 0 Å². The molecule has 3 atom stereocenters.